The Morgan fingerprint density at radius 1 is 1.05 bits per heavy atom. The molecule has 2 aromatic rings. The van der Waals surface area contributed by atoms with Gasteiger partial charge in [0.25, 0.3) is 0 Å². The smallest absolute Gasteiger partial charge is 0.0659 e. The summed E-state index contributed by atoms with van der Waals surface area (Å²) in [7, 11) is 4.01. The lowest BCUT2D eigenvalue weighted by atomic mass is 9.76. The zero-order chi connectivity index (χ0) is 14.8. The van der Waals surface area contributed by atoms with E-state index in [2.05, 4.69) is 47.8 Å². The molecular weight excluding hydrogens is 280 g/mol. The van der Waals surface area contributed by atoms with Crippen LogP contribution in [-0.2, 0) is 0 Å². The van der Waals surface area contributed by atoms with E-state index in [0.29, 0.717) is 12.0 Å². The predicted molar refractivity (Wildman–Crippen MR) is 91.6 cm³/mol. The first-order valence-electron chi connectivity index (χ1n) is 7.42. The Morgan fingerprint density at radius 3 is 2.38 bits per heavy atom. The number of anilines is 2. The molecule has 0 atom stereocenters. The van der Waals surface area contributed by atoms with Gasteiger partial charge in [-0.3, -0.25) is 0 Å². The second-order valence-corrected chi connectivity index (χ2v) is 6.39. The van der Waals surface area contributed by atoms with Gasteiger partial charge >= 0.3 is 0 Å². The molecule has 0 aromatic heterocycles. The molecule has 0 bridgehead atoms. The van der Waals surface area contributed by atoms with Crippen molar-refractivity contribution >= 4 is 23.0 Å². The van der Waals surface area contributed by atoms with Crippen LogP contribution in [0.5, 0.6) is 0 Å². The molecule has 1 N–H and O–H groups in total. The van der Waals surface area contributed by atoms with E-state index in [9.17, 15) is 0 Å². The van der Waals surface area contributed by atoms with E-state index in [1.165, 1.54) is 18.4 Å². The van der Waals surface area contributed by atoms with Crippen LogP contribution in [0.25, 0.3) is 0 Å². The molecular formula is C18H21ClN2. The predicted octanol–water partition coefficient (Wildman–Crippen LogP) is 4.76. The molecule has 1 fully saturated rings. The first-order chi connectivity index (χ1) is 10.1. The summed E-state index contributed by atoms with van der Waals surface area (Å²) in [5.41, 5.74) is 3.62. The van der Waals surface area contributed by atoms with E-state index in [1.54, 1.807) is 0 Å². The lowest BCUT2D eigenvalue weighted by molar-refractivity contribution is 0.374. The lowest BCUT2D eigenvalue weighted by Crippen LogP contribution is -2.33. The maximum atomic E-state index is 6.31. The third kappa shape index (κ3) is 3.16. The monoisotopic (exact) mass is 300 g/mol. The molecule has 1 aliphatic carbocycles. The average Bonchev–Trinajstić information content (AvgIpc) is 2.43. The molecule has 1 aliphatic rings. The first-order valence-corrected chi connectivity index (χ1v) is 7.79. The number of benzene rings is 2. The van der Waals surface area contributed by atoms with Crippen LogP contribution in [-0.4, -0.2) is 20.1 Å². The quantitative estimate of drug-likeness (QED) is 0.875. The highest BCUT2D eigenvalue weighted by Crippen LogP contribution is 2.39. The summed E-state index contributed by atoms with van der Waals surface area (Å²) in [6, 6.07) is 17.5. The van der Waals surface area contributed by atoms with Gasteiger partial charge in [-0.25, -0.2) is 0 Å². The van der Waals surface area contributed by atoms with Crippen LogP contribution in [0.4, 0.5) is 11.4 Å². The van der Waals surface area contributed by atoms with E-state index < -0.39 is 0 Å². The zero-order valence-electron chi connectivity index (χ0n) is 12.5. The number of hydrogen-bond donors (Lipinski definition) is 1. The number of halogens is 1. The topological polar surface area (TPSA) is 15.3 Å². The first kappa shape index (κ1) is 14.3. The van der Waals surface area contributed by atoms with Crippen molar-refractivity contribution in [2.75, 3.05) is 24.3 Å². The second kappa shape index (κ2) is 5.98. The Morgan fingerprint density at radius 2 is 1.76 bits per heavy atom. The molecule has 0 saturated heterocycles. The zero-order valence-corrected chi connectivity index (χ0v) is 13.3. The van der Waals surface area contributed by atoms with Crippen molar-refractivity contribution in [3.05, 3.63) is 59.1 Å². The highest BCUT2D eigenvalue weighted by atomic mass is 35.5. The van der Waals surface area contributed by atoms with E-state index in [1.807, 2.05) is 25.1 Å². The van der Waals surface area contributed by atoms with E-state index in [0.717, 1.165) is 16.4 Å². The van der Waals surface area contributed by atoms with Crippen LogP contribution in [0.3, 0.4) is 0 Å². The molecule has 2 nitrogen and oxygen atoms in total. The maximum Gasteiger partial charge on any atom is 0.0659 e. The summed E-state index contributed by atoms with van der Waals surface area (Å²) >= 11 is 6.31. The summed E-state index contributed by atoms with van der Waals surface area (Å²) < 4.78 is 0. The minimum atomic E-state index is 0.552. The average molecular weight is 301 g/mol. The van der Waals surface area contributed by atoms with Crippen LogP contribution in [0.2, 0.25) is 5.02 Å². The summed E-state index contributed by atoms with van der Waals surface area (Å²) in [5, 5.41) is 4.38. The molecule has 3 heteroatoms. The summed E-state index contributed by atoms with van der Waals surface area (Å²) in [6.07, 6.45) is 2.38. The molecule has 3 rings (SSSR count). The van der Waals surface area contributed by atoms with Gasteiger partial charge in [-0.15, -0.1) is 0 Å². The standard InChI is InChI=1S/C18H21ClN2/c1-21(2)18-9-8-15(12-17(18)19)20-16-10-14(11-16)13-6-4-3-5-7-13/h3-9,12,14,16,20H,10-11H2,1-2H3. The third-order valence-corrected chi connectivity index (χ3v) is 4.51. The lowest BCUT2D eigenvalue weighted by Gasteiger charge is -2.37. The van der Waals surface area contributed by atoms with Crippen LogP contribution in [0.1, 0.15) is 24.3 Å². The molecule has 0 amide bonds. The van der Waals surface area contributed by atoms with Crippen molar-refractivity contribution in [1.29, 1.82) is 0 Å². The molecule has 0 heterocycles. The molecule has 0 aliphatic heterocycles. The SMILES string of the molecule is CN(C)c1ccc(NC2CC(c3ccccc3)C2)cc1Cl. The highest BCUT2D eigenvalue weighted by molar-refractivity contribution is 6.33. The van der Waals surface area contributed by atoms with Crippen LogP contribution in [0, 0.1) is 0 Å². The van der Waals surface area contributed by atoms with Gasteiger partial charge in [-0.1, -0.05) is 41.9 Å². The third-order valence-electron chi connectivity index (χ3n) is 4.21. The van der Waals surface area contributed by atoms with E-state index in [4.69, 9.17) is 11.6 Å². The van der Waals surface area contributed by atoms with Crippen LogP contribution < -0.4 is 10.2 Å². The van der Waals surface area contributed by atoms with E-state index >= 15 is 0 Å². The normalized spacial score (nSPS) is 20.7. The molecule has 110 valence electrons. The number of nitrogens with zero attached hydrogens (tertiary/aromatic N) is 1. The Kier molecular flexibility index (Phi) is 4.07. The van der Waals surface area contributed by atoms with Crippen molar-refractivity contribution in [3.63, 3.8) is 0 Å². The second-order valence-electron chi connectivity index (χ2n) is 5.98. The van der Waals surface area contributed by atoms with Crippen molar-refractivity contribution in [2.45, 2.75) is 24.8 Å². The van der Waals surface area contributed by atoms with Gasteiger partial charge < -0.3 is 10.2 Å². The Labute approximate surface area is 131 Å². The van der Waals surface area contributed by atoms with Gasteiger partial charge in [-0.2, -0.15) is 0 Å². The minimum absolute atomic E-state index is 0.552. The Balaban J connectivity index is 1.58. The maximum absolute atomic E-state index is 6.31. The molecule has 1 saturated carbocycles. The fourth-order valence-corrected chi connectivity index (χ4v) is 3.28. The summed E-state index contributed by atoms with van der Waals surface area (Å²) in [5.74, 6) is 0.695. The van der Waals surface area contributed by atoms with Crippen molar-refractivity contribution in [3.8, 4) is 0 Å². The van der Waals surface area contributed by atoms with E-state index in [-0.39, 0.29) is 0 Å². The molecule has 0 unspecified atom stereocenters. The number of rotatable bonds is 4. The Hall–Kier alpha value is -1.67. The van der Waals surface area contributed by atoms with Gasteiger partial charge in [0, 0.05) is 25.8 Å². The van der Waals surface area contributed by atoms with Gasteiger partial charge in [0.1, 0.15) is 0 Å². The molecule has 0 radical (unpaired) electrons. The highest BCUT2D eigenvalue weighted by Gasteiger charge is 2.30. The largest absolute Gasteiger partial charge is 0.382 e. The van der Waals surface area contributed by atoms with Gasteiger partial charge in [0.2, 0.25) is 0 Å². The minimum Gasteiger partial charge on any atom is -0.382 e. The van der Waals surface area contributed by atoms with Gasteiger partial charge in [0.05, 0.1) is 10.7 Å². The van der Waals surface area contributed by atoms with Gasteiger partial charge in [-0.05, 0) is 42.5 Å². The van der Waals surface area contributed by atoms with Gasteiger partial charge in [0.15, 0.2) is 0 Å². The number of nitrogens with one attached hydrogen (secondary N) is 1. The number of hydrogen-bond acceptors (Lipinski definition) is 2. The van der Waals surface area contributed by atoms with Crippen LogP contribution in [0.15, 0.2) is 48.5 Å². The van der Waals surface area contributed by atoms with Crippen molar-refractivity contribution in [2.24, 2.45) is 0 Å². The van der Waals surface area contributed by atoms with Crippen molar-refractivity contribution in [1.82, 2.24) is 0 Å². The molecule has 0 spiro atoms. The summed E-state index contributed by atoms with van der Waals surface area (Å²) in [6.45, 7) is 0. The van der Waals surface area contributed by atoms with Crippen LogP contribution >= 0.6 is 11.6 Å². The van der Waals surface area contributed by atoms with Crippen molar-refractivity contribution < 1.29 is 0 Å². The molecule has 2 aromatic carbocycles. The fraction of sp³-hybridized carbons (Fsp3) is 0.333. The Bertz CT molecular complexity index is 604. The molecule has 21 heavy (non-hydrogen) atoms. The summed E-state index contributed by atoms with van der Waals surface area (Å²) in [4.78, 5) is 2.03. The fourth-order valence-electron chi connectivity index (χ4n) is 2.93.